The minimum atomic E-state index is 0.701. The van der Waals surface area contributed by atoms with Gasteiger partial charge in [-0.25, -0.2) is 4.98 Å². The highest BCUT2D eigenvalue weighted by molar-refractivity contribution is 7.15. The van der Waals surface area contributed by atoms with Gasteiger partial charge in [-0.1, -0.05) is 64.0 Å². The van der Waals surface area contributed by atoms with Crippen molar-refractivity contribution in [2.24, 2.45) is 13.0 Å². The van der Waals surface area contributed by atoms with Gasteiger partial charge in [-0.3, -0.25) is 20.2 Å². The van der Waals surface area contributed by atoms with Crippen molar-refractivity contribution in [1.82, 2.24) is 55.2 Å². The van der Waals surface area contributed by atoms with Gasteiger partial charge in [0.2, 0.25) is 0 Å². The summed E-state index contributed by atoms with van der Waals surface area (Å²) in [5.41, 5.74) is 12.8. The normalized spacial score (nSPS) is 14.5. The van der Waals surface area contributed by atoms with E-state index in [1.54, 1.807) is 22.7 Å². The predicted octanol–water partition coefficient (Wildman–Crippen LogP) is 11.9. The van der Waals surface area contributed by atoms with Crippen molar-refractivity contribution in [3.8, 4) is 43.9 Å². The van der Waals surface area contributed by atoms with Crippen molar-refractivity contribution in [1.29, 1.82) is 0 Å². The summed E-state index contributed by atoms with van der Waals surface area (Å²) in [5, 5.41) is 25.3. The topological polar surface area (TPSA) is 145 Å². The number of hydrogen-bond donors (Lipinski definition) is 5. The van der Waals surface area contributed by atoms with Crippen LogP contribution in [0.25, 0.3) is 95.6 Å². The Labute approximate surface area is 436 Å². The summed E-state index contributed by atoms with van der Waals surface area (Å²) in [6.45, 7) is 31.4. The summed E-state index contributed by atoms with van der Waals surface area (Å²) in [5.74, 6) is 1.65. The van der Waals surface area contributed by atoms with E-state index in [-0.39, 0.29) is 0 Å². The van der Waals surface area contributed by atoms with Crippen LogP contribution in [0.1, 0.15) is 75.2 Å². The summed E-state index contributed by atoms with van der Waals surface area (Å²) in [4.78, 5) is 25.8. The molecule has 0 amide bonds. The second-order valence-electron chi connectivity index (χ2n) is 18.0. The quantitative estimate of drug-likeness (QED) is 0.0771. The number of nitrogens with zero attached hydrogens (tertiary/aromatic N) is 6. The third-order valence-electron chi connectivity index (χ3n) is 13.3. The van der Waals surface area contributed by atoms with Crippen molar-refractivity contribution in [3.05, 3.63) is 164 Å². The van der Waals surface area contributed by atoms with E-state index >= 15 is 0 Å². The Morgan fingerprint density at radius 2 is 1.26 bits per heavy atom. The molecule has 374 valence electrons. The molecule has 0 radical (unpaired) electrons. The number of aromatic nitrogens is 10. The number of imidazole rings is 1. The van der Waals surface area contributed by atoms with Crippen LogP contribution in [0.4, 0.5) is 0 Å². The molecule has 9 aromatic heterocycles. The van der Waals surface area contributed by atoms with Crippen LogP contribution >= 0.6 is 22.7 Å². The maximum absolute atomic E-state index is 4.72. The number of pyridine rings is 2. The number of piperidine rings is 1. The number of aryl methyl sites for hydroxylation is 3. The lowest BCUT2D eigenvalue weighted by Gasteiger charge is -2.23. The van der Waals surface area contributed by atoms with Crippen LogP contribution in [0.2, 0.25) is 0 Å². The molecule has 0 spiro atoms. The van der Waals surface area contributed by atoms with Crippen LogP contribution in [0, 0.1) is 26.7 Å². The van der Waals surface area contributed by atoms with Crippen molar-refractivity contribution in [2.75, 3.05) is 13.1 Å². The second-order valence-corrected chi connectivity index (χ2v) is 20.5. The first-order valence-corrected chi connectivity index (χ1v) is 26.7. The fourth-order valence-corrected chi connectivity index (χ4v) is 11.0. The monoisotopic (exact) mass is 1010 g/mol. The zero-order valence-corrected chi connectivity index (χ0v) is 45.3. The third-order valence-corrected chi connectivity index (χ3v) is 15.3. The lowest BCUT2D eigenvalue weighted by Crippen LogP contribution is -2.27. The molecule has 73 heavy (non-hydrogen) atoms. The van der Waals surface area contributed by atoms with E-state index in [1.807, 2.05) is 89.1 Å². The Morgan fingerprint density at radius 3 is 1.71 bits per heavy atom. The Bertz CT molecular complexity index is 3770. The number of aromatic amines is 4. The molecule has 1 fully saturated rings. The van der Waals surface area contributed by atoms with Crippen LogP contribution in [-0.2, 0) is 7.05 Å². The Balaban J connectivity index is 0.000000192. The molecular weight excluding hydrogens is 939 g/mol. The summed E-state index contributed by atoms with van der Waals surface area (Å²) in [7, 11) is 2.00. The molecular formula is C60H67N11S2. The molecule has 0 aromatic carbocycles. The van der Waals surface area contributed by atoms with Gasteiger partial charge in [-0.2, -0.15) is 10.2 Å². The summed E-state index contributed by atoms with van der Waals surface area (Å²) in [6.07, 6.45) is 23.7. The Kier molecular flexibility index (Phi) is 16.6. The molecule has 10 rings (SSSR count). The molecule has 1 aliphatic heterocycles. The Morgan fingerprint density at radius 1 is 0.726 bits per heavy atom. The van der Waals surface area contributed by atoms with Crippen molar-refractivity contribution < 1.29 is 0 Å². The van der Waals surface area contributed by atoms with Crippen LogP contribution in [-0.4, -0.2) is 63.0 Å². The average molecular weight is 1010 g/mol. The second kappa shape index (κ2) is 23.4. The van der Waals surface area contributed by atoms with E-state index in [4.69, 9.17) is 10.1 Å². The van der Waals surface area contributed by atoms with E-state index in [0.29, 0.717) is 5.92 Å². The van der Waals surface area contributed by atoms with E-state index in [1.165, 1.54) is 33.0 Å². The number of fused-ring (bicyclic) bond motifs is 2. The molecule has 11 nitrogen and oxygen atoms in total. The van der Waals surface area contributed by atoms with Gasteiger partial charge in [0.25, 0.3) is 0 Å². The highest BCUT2D eigenvalue weighted by Gasteiger charge is 2.18. The first kappa shape index (κ1) is 51.9. The highest BCUT2D eigenvalue weighted by atomic mass is 32.1. The zero-order chi connectivity index (χ0) is 51.8. The predicted molar refractivity (Wildman–Crippen MR) is 311 cm³/mol. The van der Waals surface area contributed by atoms with Gasteiger partial charge in [0.1, 0.15) is 17.2 Å². The number of nitrogens with one attached hydrogen (secondary N) is 5. The molecule has 0 bridgehead atoms. The average Bonchev–Trinajstić information content (AvgIpc) is 4.29. The maximum atomic E-state index is 4.72. The first-order chi connectivity index (χ1) is 35.5. The fourth-order valence-electron chi connectivity index (χ4n) is 9.24. The van der Waals surface area contributed by atoms with Crippen molar-refractivity contribution >= 4 is 74.4 Å². The molecule has 1 aliphatic rings. The number of H-pyrrole nitrogens is 4. The molecule has 10 heterocycles. The minimum absolute atomic E-state index is 0.701. The van der Waals surface area contributed by atoms with Gasteiger partial charge >= 0.3 is 0 Å². The highest BCUT2D eigenvalue weighted by Crippen LogP contribution is 2.35. The standard InChI is InChI=1S/C33H37N5S.C25H24N6S.C2H6/c1-6-23(18-24-11-14-34-15-12-24)19-25(7-2)21(4)17-26-28(8-3)37-38-32(26)30-20-27-29(36-30)13-16-35-33(27)31-10-9-22(5)39-31;1-6-19-17(11-14(2)22-13-27-16(4)31(22)5)24(30-29-19)21-12-18-20(28-21)9-10-26-25(18)23-8-7-15(3)32-23;1-2/h6-10,13,16-17,19-20,24,34,36-37H,1,4,11-12,14-15,18H2,2-3,5H3;6-13,28-29H,2H2,1,3-5H3;1-2H3/b23-19+,25-7+,26-17+,28-8+;17-11+,19-6+;. The molecule has 0 aliphatic carbocycles. The van der Waals surface area contributed by atoms with Gasteiger partial charge in [0.15, 0.2) is 0 Å². The van der Waals surface area contributed by atoms with Crippen LogP contribution < -0.4 is 26.5 Å². The van der Waals surface area contributed by atoms with Gasteiger partial charge in [0.05, 0.1) is 55.1 Å². The van der Waals surface area contributed by atoms with Gasteiger partial charge in [-0.05, 0) is 163 Å². The molecule has 0 unspecified atom stereocenters. The lowest BCUT2D eigenvalue weighted by molar-refractivity contribution is 0.374. The van der Waals surface area contributed by atoms with Crippen molar-refractivity contribution in [2.45, 2.75) is 74.7 Å². The number of hydrogen-bond acceptors (Lipinski definition) is 8. The number of allylic oxidation sites excluding steroid dienone is 7. The van der Waals surface area contributed by atoms with E-state index in [0.717, 1.165) is 130 Å². The molecule has 0 saturated carbocycles. The van der Waals surface area contributed by atoms with Crippen LogP contribution in [0.3, 0.4) is 0 Å². The van der Waals surface area contributed by atoms with Gasteiger partial charge in [0, 0.05) is 61.4 Å². The molecule has 13 heteroatoms. The summed E-state index contributed by atoms with van der Waals surface area (Å²) >= 11 is 3.51. The summed E-state index contributed by atoms with van der Waals surface area (Å²) in [6, 6.07) is 16.9. The first-order valence-electron chi connectivity index (χ1n) is 25.1. The van der Waals surface area contributed by atoms with E-state index in [2.05, 4.69) is 148 Å². The Hall–Kier alpha value is -7.45. The largest absolute Gasteiger partial charge is 0.353 e. The third kappa shape index (κ3) is 11.3. The zero-order valence-electron chi connectivity index (χ0n) is 43.6. The SMILES string of the molecule is C=C(/C=c1/c(-c2cc3c(-c4ccc(C)s4)nccc3[nH]2)n[nH]/c1=C/C)c1cnc(C)n1C.C=C/C(=C\C(=C/C)C(=C)/C=c1/c(-c2cc3c(-c4ccc(C)s4)nccc3[nH]2)n[nH]/c1=C/C)CC1CCNCC1.CC. The molecule has 1 saturated heterocycles. The van der Waals surface area contributed by atoms with Gasteiger partial charge < -0.3 is 19.9 Å². The van der Waals surface area contributed by atoms with Crippen molar-refractivity contribution in [3.63, 3.8) is 0 Å². The molecule has 0 atom stereocenters. The minimum Gasteiger partial charge on any atom is -0.353 e. The lowest BCUT2D eigenvalue weighted by atomic mass is 9.89. The van der Waals surface area contributed by atoms with E-state index in [9.17, 15) is 0 Å². The van der Waals surface area contributed by atoms with Crippen LogP contribution in [0.5, 0.6) is 0 Å². The maximum Gasteiger partial charge on any atom is 0.116 e. The fraction of sp³-hybridized carbons (Fsp3) is 0.250. The van der Waals surface area contributed by atoms with Crippen LogP contribution in [0.15, 0.2) is 122 Å². The smallest absolute Gasteiger partial charge is 0.116 e. The molecule has 5 N–H and O–H groups in total. The number of thiophene rings is 2. The summed E-state index contributed by atoms with van der Waals surface area (Å²) < 4.78 is 2.04. The van der Waals surface area contributed by atoms with Gasteiger partial charge in [-0.15, -0.1) is 22.7 Å². The molecule has 9 aromatic rings. The van der Waals surface area contributed by atoms with E-state index < -0.39 is 0 Å². The number of rotatable bonds is 12.